The average Bonchev–Trinajstić information content (AvgIpc) is 3.11. The molecule has 4 rings (SSSR count). The lowest BCUT2D eigenvalue weighted by molar-refractivity contribution is -0.157. The van der Waals surface area contributed by atoms with Crippen molar-refractivity contribution in [3.05, 3.63) is 83.6 Å². The van der Waals surface area contributed by atoms with Gasteiger partial charge in [0.1, 0.15) is 18.2 Å². The van der Waals surface area contributed by atoms with Gasteiger partial charge in [-0.1, -0.05) is 60.7 Å². The zero-order valence-electron chi connectivity index (χ0n) is 20.0. The molecule has 0 radical (unpaired) electrons. The molecule has 1 aliphatic carbocycles. The maximum absolute atomic E-state index is 12.8. The minimum Gasteiger partial charge on any atom is -0.458 e. The molecular weight excluding hydrogens is 427 g/mol. The zero-order chi connectivity index (χ0) is 24.3. The number of ether oxygens (including phenoxy) is 2. The van der Waals surface area contributed by atoms with Crippen molar-refractivity contribution in [1.29, 1.82) is 0 Å². The molecule has 3 aromatic rings. The Morgan fingerprint density at radius 3 is 2.18 bits per heavy atom. The van der Waals surface area contributed by atoms with Crippen LogP contribution in [0.15, 0.2) is 66.9 Å². The predicted molar refractivity (Wildman–Crippen MR) is 134 cm³/mol. The van der Waals surface area contributed by atoms with Crippen LogP contribution in [0, 0.1) is 0 Å². The number of pyridine rings is 1. The molecule has 0 spiro atoms. The number of carbonyl (C=O) groups is 2. The van der Waals surface area contributed by atoms with Crippen LogP contribution in [0.4, 0.5) is 4.79 Å². The summed E-state index contributed by atoms with van der Waals surface area (Å²) < 4.78 is 11.2. The fourth-order valence-electron chi connectivity index (χ4n) is 4.20. The van der Waals surface area contributed by atoms with E-state index in [0.29, 0.717) is 0 Å². The number of benzene rings is 2. The van der Waals surface area contributed by atoms with Gasteiger partial charge in [-0.05, 0) is 54.2 Å². The Balaban J connectivity index is 1.46. The highest BCUT2D eigenvalue weighted by Crippen LogP contribution is 2.44. The van der Waals surface area contributed by atoms with Crippen molar-refractivity contribution in [3.8, 4) is 11.1 Å². The van der Waals surface area contributed by atoms with Crippen molar-refractivity contribution in [2.24, 2.45) is 0 Å². The molecule has 2 aromatic carbocycles. The second-order valence-corrected chi connectivity index (χ2v) is 9.57. The number of fused-ring (bicyclic) bond motifs is 3. The van der Waals surface area contributed by atoms with Crippen molar-refractivity contribution in [3.63, 3.8) is 0 Å². The molecule has 6 nitrogen and oxygen atoms in total. The summed E-state index contributed by atoms with van der Waals surface area (Å²) in [5.74, 6) is -0.569. The first-order valence-electron chi connectivity index (χ1n) is 11.5. The van der Waals surface area contributed by atoms with Gasteiger partial charge in [-0.2, -0.15) is 0 Å². The summed E-state index contributed by atoms with van der Waals surface area (Å²) in [6.45, 7) is 5.56. The van der Waals surface area contributed by atoms with E-state index in [9.17, 15) is 9.59 Å². The third-order valence-corrected chi connectivity index (χ3v) is 5.74. The summed E-state index contributed by atoms with van der Waals surface area (Å²) in [5.41, 5.74) is 5.60. The molecule has 0 fully saturated rings. The van der Waals surface area contributed by atoms with Crippen LogP contribution >= 0.6 is 0 Å². The molecule has 0 unspecified atom stereocenters. The SMILES string of the molecule is Bc1ccc(C[C@H](NC(=O)OCC2c3ccccc3-c3ccccc32)C(=O)OC(C)(C)C)cn1. The summed E-state index contributed by atoms with van der Waals surface area (Å²) in [6.07, 6.45) is 1.30. The molecule has 1 amide bonds. The van der Waals surface area contributed by atoms with Crippen molar-refractivity contribution in [2.75, 3.05) is 6.61 Å². The van der Waals surface area contributed by atoms with Crippen molar-refractivity contribution in [1.82, 2.24) is 10.3 Å². The number of alkyl carbamates (subject to hydrolysis) is 1. The standard InChI is InChI=1S/C27H29BN2O4/c1-27(2,3)34-25(31)23(14-17-12-13-24(28)29-15-17)30-26(32)33-16-22-20-10-6-4-8-18(20)19-9-5-7-11-21(19)22/h4-13,15,22-23H,14,16,28H2,1-3H3,(H,30,32)/t23-/m0/s1. The van der Waals surface area contributed by atoms with Gasteiger partial charge in [0, 0.05) is 18.5 Å². The summed E-state index contributed by atoms with van der Waals surface area (Å²) in [7, 11) is 1.89. The normalized spacial score (nSPS) is 13.5. The van der Waals surface area contributed by atoms with Gasteiger partial charge in [-0.3, -0.25) is 4.98 Å². The first-order chi connectivity index (χ1) is 16.2. The Morgan fingerprint density at radius 1 is 1.00 bits per heavy atom. The molecule has 0 saturated heterocycles. The van der Waals surface area contributed by atoms with E-state index in [1.165, 1.54) is 0 Å². The number of carbonyl (C=O) groups excluding carboxylic acids is 2. The second kappa shape index (κ2) is 9.71. The Morgan fingerprint density at radius 2 is 1.62 bits per heavy atom. The smallest absolute Gasteiger partial charge is 0.407 e. The van der Waals surface area contributed by atoms with Gasteiger partial charge >= 0.3 is 12.1 Å². The quantitative estimate of drug-likeness (QED) is 0.456. The van der Waals surface area contributed by atoms with Gasteiger partial charge in [0.25, 0.3) is 0 Å². The number of aromatic nitrogens is 1. The second-order valence-electron chi connectivity index (χ2n) is 9.57. The van der Waals surface area contributed by atoms with E-state index in [1.54, 1.807) is 27.0 Å². The van der Waals surface area contributed by atoms with Crippen LogP contribution in [0.2, 0.25) is 0 Å². The Bertz CT molecular complexity index is 1140. The largest absolute Gasteiger partial charge is 0.458 e. The number of esters is 1. The van der Waals surface area contributed by atoms with Crippen LogP contribution in [-0.2, 0) is 20.7 Å². The Kier molecular flexibility index (Phi) is 6.73. The number of nitrogens with one attached hydrogen (secondary N) is 1. The minimum absolute atomic E-state index is 0.0561. The number of hydrogen-bond acceptors (Lipinski definition) is 5. The molecule has 1 aliphatic rings. The van der Waals surface area contributed by atoms with E-state index >= 15 is 0 Å². The Labute approximate surface area is 201 Å². The van der Waals surface area contributed by atoms with Crippen molar-refractivity contribution >= 4 is 25.5 Å². The van der Waals surface area contributed by atoms with Crippen molar-refractivity contribution in [2.45, 2.75) is 44.8 Å². The maximum Gasteiger partial charge on any atom is 0.407 e. The average molecular weight is 456 g/mol. The zero-order valence-corrected chi connectivity index (χ0v) is 20.0. The molecule has 0 saturated carbocycles. The number of rotatable bonds is 6. The van der Waals surface area contributed by atoms with Crippen LogP contribution in [0.5, 0.6) is 0 Å². The van der Waals surface area contributed by atoms with Gasteiger partial charge in [0.05, 0.1) is 0 Å². The van der Waals surface area contributed by atoms with Crippen LogP contribution in [0.3, 0.4) is 0 Å². The minimum atomic E-state index is -0.889. The van der Waals surface area contributed by atoms with E-state index in [2.05, 4.69) is 34.6 Å². The van der Waals surface area contributed by atoms with Crippen LogP contribution < -0.4 is 10.9 Å². The maximum atomic E-state index is 12.8. The third-order valence-electron chi connectivity index (χ3n) is 5.74. The van der Waals surface area contributed by atoms with Crippen LogP contribution in [-0.4, -0.2) is 43.1 Å². The molecule has 7 heteroatoms. The molecule has 0 aliphatic heterocycles. The lowest BCUT2D eigenvalue weighted by atomic mass is 9.98. The Hall–Kier alpha value is -3.61. The molecule has 1 N–H and O–H groups in total. The van der Waals surface area contributed by atoms with Gasteiger partial charge in [0.2, 0.25) is 0 Å². The fraction of sp³-hybridized carbons (Fsp3) is 0.296. The van der Waals surface area contributed by atoms with Gasteiger partial charge < -0.3 is 14.8 Å². The van der Waals surface area contributed by atoms with E-state index in [4.69, 9.17) is 9.47 Å². The van der Waals surface area contributed by atoms with Gasteiger partial charge in [0.15, 0.2) is 7.85 Å². The van der Waals surface area contributed by atoms with Crippen LogP contribution in [0.1, 0.15) is 43.4 Å². The topological polar surface area (TPSA) is 77.5 Å². The summed E-state index contributed by atoms with van der Waals surface area (Å²) in [6, 6.07) is 19.2. The van der Waals surface area contributed by atoms with E-state index in [1.807, 2.05) is 44.2 Å². The summed E-state index contributed by atoms with van der Waals surface area (Å²) in [4.78, 5) is 29.9. The predicted octanol–water partition coefficient (Wildman–Crippen LogP) is 3.13. The molecule has 1 atom stereocenters. The third kappa shape index (κ3) is 5.47. The molecule has 1 heterocycles. The lowest BCUT2D eigenvalue weighted by Crippen LogP contribution is -2.46. The van der Waals surface area contributed by atoms with Crippen molar-refractivity contribution < 1.29 is 19.1 Å². The lowest BCUT2D eigenvalue weighted by Gasteiger charge is -2.24. The molecule has 174 valence electrons. The summed E-state index contributed by atoms with van der Waals surface area (Å²) >= 11 is 0. The van der Waals surface area contributed by atoms with E-state index < -0.39 is 23.7 Å². The monoisotopic (exact) mass is 456 g/mol. The molecule has 0 bridgehead atoms. The number of nitrogens with zero attached hydrogens (tertiary/aromatic N) is 1. The number of hydrogen-bond donors (Lipinski definition) is 1. The fourth-order valence-corrected chi connectivity index (χ4v) is 4.20. The highest BCUT2D eigenvalue weighted by molar-refractivity contribution is 6.30. The summed E-state index contributed by atoms with van der Waals surface area (Å²) in [5, 5.41) is 2.71. The van der Waals surface area contributed by atoms with E-state index in [-0.39, 0.29) is 18.9 Å². The first kappa shape index (κ1) is 23.5. The molecule has 34 heavy (non-hydrogen) atoms. The van der Waals surface area contributed by atoms with E-state index in [0.717, 1.165) is 33.4 Å². The van der Waals surface area contributed by atoms with Crippen LogP contribution in [0.25, 0.3) is 11.1 Å². The highest BCUT2D eigenvalue weighted by Gasteiger charge is 2.31. The molecular formula is C27H29BN2O4. The first-order valence-corrected chi connectivity index (χ1v) is 11.5. The van der Waals surface area contributed by atoms with Gasteiger partial charge in [-0.15, -0.1) is 0 Å². The highest BCUT2D eigenvalue weighted by atomic mass is 16.6. The van der Waals surface area contributed by atoms with Gasteiger partial charge in [-0.25, -0.2) is 9.59 Å². The molecule has 1 aromatic heterocycles. The number of amides is 1.